The highest BCUT2D eigenvalue weighted by atomic mass is 32.2. The SMILES string of the molecule is CN/C=C1\C(=C\c2cc(F)c(F)c(F)c2)CCC(CCCc2ccc(F)cc2)NS1=N. The van der Waals surface area contributed by atoms with Crippen molar-refractivity contribution in [2.75, 3.05) is 7.05 Å². The van der Waals surface area contributed by atoms with Gasteiger partial charge in [-0.05, 0) is 83.9 Å². The van der Waals surface area contributed by atoms with Crippen LogP contribution in [-0.4, -0.2) is 13.1 Å². The molecule has 1 heterocycles. The molecule has 31 heavy (non-hydrogen) atoms. The van der Waals surface area contributed by atoms with Gasteiger partial charge < -0.3 is 5.32 Å². The number of hydrogen-bond acceptors (Lipinski definition) is 2. The molecule has 1 saturated heterocycles. The zero-order valence-corrected chi connectivity index (χ0v) is 18.0. The molecule has 166 valence electrons. The molecule has 2 aromatic carbocycles. The van der Waals surface area contributed by atoms with Gasteiger partial charge in [0.1, 0.15) is 5.82 Å². The molecular formula is C23H25F4N3S. The van der Waals surface area contributed by atoms with Gasteiger partial charge in [-0.3, -0.25) is 4.78 Å². The topological polar surface area (TPSA) is 47.9 Å². The summed E-state index contributed by atoms with van der Waals surface area (Å²) in [5.41, 5.74) is 2.07. The van der Waals surface area contributed by atoms with Crippen LogP contribution in [-0.2, 0) is 17.3 Å². The first-order valence-electron chi connectivity index (χ1n) is 10.1. The fourth-order valence-electron chi connectivity index (χ4n) is 3.57. The van der Waals surface area contributed by atoms with E-state index in [1.54, 1.807) is 31.5 Å². The lowest BCUT2D eigenvalue weighted by Crippen LogP contribution is -2.29. The number of rotatable bonds is 6. The molecule has 0 spiro atoms. The van der Waals surface area contributed by atoms with E-state index in [1.807, 2.05) is 0 Å². The summed E-state index contributed by atoms with van der Waals surface area (Å²) >= 11 is 0. The molecule has 0 aromatic heterocycles. The monoisotopic (exact) mass is 451 g/mol. The molecule has 0 bridgehead atoms. The van der Waals surface area contributed by atoms with E-state index < -0.39 is 28.3 Å². The van der Waals surface area contributed by atoms with E-state index in [4.69, 9.17) is 4.78 Å². The van der Waals surface area contributed by atoms with Crippen LogP contribution in [0.3, 0.4) is 0 Å². The second-order valence-corrected chi connectivity index (χ2v) is 8.73. The van der Waals surface area contributed by atoms with Crippen LogP contribution in [0.5, 0.6) is 0 Å². The Morgan fingerprint density at radius 3 is 2.45 bits per heavy atom. The van der Waals surface area contributed by atoms with E-state index in [1.165, 1.54) is 12.1 Å². The van der Waals surface area contributed by atoms with Gasteiger partial charge in [0.15, 0.2) is 17.5 Å². The van der Waals surface area contributed by atoms with Crippen molar-refractivity contribution >= 4 is 17.0 Å². The number of hydrogen-bond donors (Lipinski definition) is 3. The van der Waals surface area contributed by atoms with Crippen molar-refractivity contribution < 1.29 is 17.6 Å². The van der Waals surface area contributed by atoms with E-state index in [0.717, 1.165) is 49.0 Å². The molecule has 3 N–H and O–H groups in total. The largest absolute Gasteiger partial charge is 0.393 e. The minimum absolute atomic E-state index is 0.106. The molecular weight excluding hydrogens is 426 g/mol. The molecule has 1 fully saturated rings. The highest BCUT2D eigenvalue weighted by molar-refractivity contribution is 7.88. The van der Waals surface area contributed by atoms with Gasteiger partial charge in [0.25, 0.3) is 0 Å². The summed E-state index contributed by atoms with van der Waals surface area (Å²) in [5.74, 6) is -4.21. The summed E-state index contributed by atoms with van der Waals surface area (Å²) in [6.07, 6.45) is 7.26. The van der Waals surface area contributed by atoms with Crippen molar-refractivity contribution in [2.24, 2.45) is 0 Å². The second kappa shape index (κ2) is 10.7. The number of nitrogens with one attached hydrogen (secondary N) is 3. The lowest BCUT2D eigenvalue weighted by atomic mass is 9.98. The van der Waals surface area contributed by atoms with Crippen molar-refractivity contribution in [3.8, 4) is 0 Å². The van der Waals surface area contributed by atoms with Crippen molar-refractivity contribution in [2.45, 2.75) is 38.1 Å². The number of halogens is 4. The number of aryl methyl sites for hydroxylation is 1. The van der Waals surface area contributed by atoms with Crippen LogP contribution in [0.4, 0.5) is 17.6 Å². The van der Waals surface area contributed by atoms with Crippen molar-refractivity contribution in [1.82, 2.24) is 10.0 Å². The molecule has 0 saturated carbocycles. The molecule has 0 aliphatic carbocycles. The molecule has 3 rings (SSSR count). The molecule has 0 radical (unpaired) electrons. The quantitative estimate of drug-likeness (QED) is 0.386. The van der Waals surface area contributed by atoms with Gasteiger partial charge in [-0.2, -0.15) is 0 Å². The first kappa shape index (κ1) is 23.2. The lowest BCUT2D eigenvalue weighted by Gasteiger charge is -2.16. The average Bonchev–Trinajstić information content (AvgIpc) is 2.87. The predicted octanol–water partition coefficient (Wildman–Crippen LogP) is 5.76. The summed E-state index contributed by atoms with van der Waals surface area (Å²) in [5, 5.41) is 2.93. The average molecular weight is 452 g/mol. The van der Waals surface area contributed by atoms with Gasteiger partial charge in [-0.15, -0.1) is 0 Å². The zero-order chi connectivity index (χ0) is 22.4. The predicted molar refractivity (Wildman–Crippen MR) is 117 cm³/mol. The fourth-order valence-corrected chi connectivity index (χ4v) is 4.92. The van der Waals surface area contributed by atoms with E-state index >= 15 is 0 Å². The van der Waals surface area contributed by atoms with Crippen molar-refractivity contribution in [3.63, 3.8) is 0 Å². The third kappa shape index (κ3) is 6.27. The smallest absolute Gasteiger partial charge is 0.194 e. The molecule has 3 nitrogen and oxygen atoms in total. The molecule has 0 amide bonds. The maximum Gasteiger partial charge on any atom is 0.194 e. The van der Waals surface area contributed by atoms with Gasteiger partial charge in [0, 0.05) is 19.3 Å². The van der Waals surface area contributed by atoms with Crippen LogP contribution in [0.2, 0.25) is 0 Å². The normalized spacial score (nSPS) is 22.0. The summed E-state index contributed by atoms with van der Waals surface area (Å²) in [6, 6.07) is 8.49. The van der Waals surface area contributed by atoms with Crippen molar-refractivity contribution in [3.05, 3.63) is 87.5 Å². The summed E-state index contributed by atoms with van der Waals surface area (Å²) in [4.78, 5) is 0.702. The minimum Gasteiger partial charge on any atom is -0.393 e. The van der Waals surface area contributed by atoms with Crippen molar-refractivity contribution in [1.29, 1.82) is 4.78 Å². The van der Waals surface area contributed by atoms with Gasteiger partial charge in [-0.1, -0.05) is 18.2 Å². The molecule has 1 aliphatic rings. The number of benzene rings is 2. The van der Waals surface area contributed by atoms with Gasteiger partial charge in [0.05, 0.1) is 4.91 Å². The van der Waals surface area contributed by atoms with Crippen LogP contribution >= 0.6 is 0 Å². The number of allylic oxidation sites excluding steroid dienone is 1. The second-order valence-electron chi connectivity index (χ2n) is 7.44. The van der Waals surface area contributed by atoms with Crippen LogP contribution < -0.4 is 10.0 Å². The van der Waals surface area contributed by atoms with Crippen LogP contribution in [0.25, 0.3) is 6.08 Å². The minimum atomic E-state index is -1.49. The maximum absolute atomic E-state index is 13.6. The summed E-state index contributed by atoms with van der Waals surface area (Å²) in [7, 11) is 0.700. The van der Waals surface area contributed by atoms with E-state index in [0.29, 0.717) is 11.3 Å². The van der Waals surface area contributed by atoms with E-state index in [-0.39, 0.29) is 17.4 Å². The summed E-state index contributed by atoms with van der Waals surface area (Å²) in [6.45, 7) is 0. The van der Waals surface area contributed by atoms with Gasteiger partial charge in [0.2, 0.25) is 0 Å². The van der Waals surface area contributed by atoms with Crippen LogP contribution in [0, 0.1) is 28.0 Å². The lowest BCUT2D eigenvalue weighted by molar-refractivity contribution is 0.447. The van der Waals surface area contributed by atoms with E-state index in [9.17, 15) is 17.6 Å². The standard InChI is InChI=1S/C23H25F4N3S/c1-29-14-22-17(11-16-12-20(25)23(27)21(26)13-16)7-10-19(30-31(22)28)4-2-3-15-5-8-18(24)9-6-15/h5-6,8-9,11-14,19,29H,2-4,7,10H2,1H3,(H2,28,30)/b17-11+,22-14+. The van der Waals surface area contributed by atoms with Crippen LogP contribution in [0.15, 0.2) is 53.1 Å². The Balaban J connectivity index is 1.73. The van der Waals surface area contributed by atoms with E-state index in [2.05, 4.69) is 10.0 Å². The fraction of sp³-hybridized carbons (Fsp3) is 0.304. The Morgan fingerprint density at radius 1 is 1.13 bits per heavy atom. The molecule has 2 atom stereocenters. The Labute approximate surface area is 182 Å². The Hall–Kier alpha value is -2.45. The van der Waals surface area contributed by atoms with Gasteiger partial charge in [-0.25, -0.2) is 22.3 Å². The maximum atomic E-state index is 13.6. The Kier molecular flexibility index (Phi) is 8.03. The molecule has 8 heteroatoms. The Bertz CT molecular complexity index is 979. The van der Waals surface area contributed by atoms with Crippen LogP contribution in [0.1, 0.15) is 36.8 Å². The third-order valence-electron chi connectivity index (χ3n) is 5.14. The third-order valence-corrected chi connectivity index (χ3v) is 6.53. The highest BCUT2D eigenvalue weighted by Gasteiger charge is 2.21. The first-order valence-corrected chi connectivity index (χ1v) is 11.3. The zero-order valence-electron chi connectivity index (χ0n) is 17.2. The highest BCUT2D eigenvalue weighted by Crippen LogP contribution is 2.28. The molecule has 1 aliphatic heterocycles. The Morgan fingerprint density at radius 2 is 1.81 bits per heavy atom. The first-order chi connectivity index (χ1) is 14.9. The summed E-state index contributed by atoms with van der Waals surface area (Å²) < 4.78 is 65.4. The molecule has 2 aromatic rings. The molecule has 2 unspecified atom stereocenters. The van der Waals surface area contributed by atoms with Gasteiger partial charge >= 0.3 is 0 Å².